The Labute approximate surface area is 106 Å². The molecule has 0 aromatic heterocycles. The number of carbonyl (C=O) groups excluding carboxylic acids is 1. The molecule has 1 saturated heterocycles. The van der Waals surface area contributed by atoms with Crippen molar-refractivity contribution in [3.05, 3.63) is 34.4 Å². The highest BCUT2D eigenvalue weighted by Gasteiger charge is 2.45. The van der Waals surface area contributed by atoms with E-state index in [1.54, 1.807) is 0 Å². The first-order valence-corrected chi connectivity index (χ1v) is 6.17. The first kappa shape index (κ1) is 11.3. The van der Waals surface area contributed by atoms with Gasteiger partial charge in [-0.3, -0.25) is 4.79 Å². The minimum Gasteiger partial charge on any atom is -0.389 e. The third-order valence-electron chi connectivity index (χ3n) is 3.65. The number of aryl methyl sites for hydroxylation is 3. The molecule has 0 saturated carbocycles. The first-order valence-electron chi connectivity index (χ1n) is 6.17. The molecule has 18 heavy (non-hydrogen) atoms. The van der Waals surface area contributed by atoms with Gasteiger partial charge in [0.2, 0.25) is 5.91 Å². The van der Waals surface area contributed by atoms with Crippen LogP contribution in [0.25, 0.3) is 0 Å². The molecule has 2 unspecified atom stereocenters. The number of hydrogen-bond acceptors (Lipinski definition) is 3. The Morgan fingerprint density at radius 2 is 1.94 bits per heavy atom. The van der Waals surface area contributed by atoms with Gasteiger partial charge < -0.3 is 10.2 Å². The van der Waals surface area contributed by atoms with Crippen LogP contribution in [-0.4, -0.2) is 24.3 Å². The molecule has 1 N–H and O–H groups in total. The molecule has 0 bridgehead atoms. The van der Waals surface area contributed by atoms with Crippen molar-refractivity contribution in [3.8, 4) is 0 Å². The fraction of sp³-hybridized carbons (Fsp3) is 0.429. The van der Waals surface area contributed by atoms with E-state index in [0.717, 1.165) is 22.4 Å². The lowest BCUT2D eigenvalue weighted by atomic mass is 9.88. The predicted molar refractivity (Wildman–Crippen MR) is 68.6 cm³/mol. The van der Waals surface area contributed by atoms with Crippen LogP contribution in [-0.2, 0) is 9.63 Å². The summed E-state index contributed by atoms with van der Waals surface area (Å²) in [6.07, 6.45) is -0.132. The van der Waals surface area contributed by atoms with Crippen LogP contribution < -0.4 is 5.32 Å². The van der Waals surface area contributed by atoms with Gasteiger partial charge in [-0.05, 0) is 31.9 Å². The zero-order valence-electron chi connectivity index (χ0n) is 10.8. The van der Waals surface area contributed by atoms with E-state index < -0.39 is 0 Å². The number of fused-ring (bicyclic) bond motifs is 1. The summed E-state index contributed by atoms with van der Waals surface area (Å²) < 4.78 is 0. The summed E-state index contributed by atoms with van der Waals surface area (Å²) in [5, 5.41) is 6.97. The summed E-state index contributed by atoms with van der Waals surface area (Å²) in [6.45, 7) is 6.73. The molecule has 1 amide bonds. The molecule has 0 aliphatic carbocycles. The number of amides is 1. The van der Waals surface area contributed by atoms with Crippen LogP contribution >= 0.6 is 0 Å². The molecule has 2 heterocycles. The molecular formula is C14H16N2O2. The van der Waals surface area contributed by atoms with E-state index in [4.69, 9.17) is 4.84 Å². The minimum atomic E-state index is -0.245. The van der Waals surface area contributed by atoms with Crippen molar-refractivity contribution in [2.24, 2.45) is 11.1 Å². The van der Waals surface area contributed by atoms with Crippen molar-refractivity contribution in [2.45, 2.75) is 26.9 Å². The quantitative estimate of drug-likeness (QED) is 0.813. The number of nitrogens with zero attached hydrogens (tertiary/aromatic N) is 1. The highest BCUT2D eigenvalue weighted by Crippen LogP contribution is 2.30. The molecule has 2 aliphatic heterocycles. The zero-order valence-corrected chi connectivity index (χ0v) is 10.8. The summed E-state index contributed by atoms with van der Waals surface area (Å²) in [5.74, 6) is -0.222. The Morgan fingerprint density at radius 1 is 1.28 bits per heavy atom. The smallest absolute Gasteiger partial charge is 0.233 e. The lowest BCUT2D eigenvalue weighted by molar-refractivity contribution is -0.121. The third kappa shape index (κ3) is 1.52. The Morgan fingerprint density at radius 3 is 2.61 bits per heavy atom. The minimum absolute atomic E-state index is 0.0237. The van der Waals surface area contributed by atoms with E-state index in [0.29, 0.717) is 6.54 Å². The number of nitrogens with one attached hydrogen (secondary N) is 1. The molecule has 94 valence electrons. The molecule has 4 nitrogen and oxygen atoms in total. The Kier molecular flexibility index (Phi) is 2.40. The van der Waals surface area contributed by atoms with E-state index in [-0.39, 0.29) is 17.9 Å². The number of benzene rings is 1. The molecule has 0 spiro atoms. The van der Waals surface area contributed by atoms with Gasteiger partial charge in [-0.2, -0.15) is 0 Å². The first-order chi connectivity index (χ1) is 8.58. The zero-order chi connectivity index (χ0) is 12.9. The highest BCUT2D eigenvalue weighted by molar-refractivity contribution is 6.16. The molecule has 1 fully saturated rings. The van der Waals surface area contributed by atoms with Gasteiger partial charge in [-0.1, -0.05) is 22.9 Å². The second-order valence-electron chi connectivity index (χ2n) is 5.12. The largest absolute Gasteiger partial charge is 0.389 e. The monoisotopic (exact) mass is 244 g/mol. The fourth-order valence-electron chi connectivity index (χ4n) is 2.96. The van der Waals surface area contributed by atoms with Gasteiger partial charge in [0.1, 0.15) is 11.6 Å². The number of rotatable bonds is 1. The average molecular weight is 244 g/mol. The molecule has 4 heteroatoms. The molecule has 2 aliphatic rings. The van der Waals surface area contributed by atoms with Crippen LogP contribution in [0.2, 0.25) is 0 Å². The van der Waals surface area contributed by atoms with E-state index >= 15 is 0 Å². The molecule has 3 rings (SSSR count). The van der Waals surface area contributed by atoms with Crippen molar-refractivity contribution < 1.29 is 9.63 Å². The standard InChI is InChI=1S/C14H16N2O2/c1-7-4-8(2)11(9(3)5-7)13-12-10(18-16-13)6-15-14(12)17/h4-5,10,12H,6H2,1-3H3,(H,15,17). The SMILES string of the molecule is Cc1cc(C)c(C2=NOC3CNC(=O)C23)c(C)c1. The van der Waals surface area contributed by atoms with Crippen molar-refractivity contribution in [1.82, 2.24) is 5.32 Å². The highest BCUT2D eigenvalue weighted by atomic mass is 16.6. The van der Waals surface area contributed by atoms with Crippen molar-refractivity contribution in [3.63, 3.8) is 0 Å². The maximum atomic E-state index is 11.9. The number of oxime groups is 1. The van der Waals surface area contributed by atoms with Gasteiger partial charge in [0.25, 0.3) is 0 Å². The average Bonchev–Trinajstić information content (AvgIpc) is 2.82. The van der Waals surface area contributed by atoms with Crippen molar-refractivity contribution in [2.75, 3.05) is 6.54 Å². The normalized spacial score (nSPS) is 25.5. The molecular weight excluding hydrogens is 228 g/mol. The van der Waals surface area contributed by atoms with E-state index in [2.05, 4.69) is 43.4 Å². The van der Waals surface area contributed by atoms with Crippen LogP contribution in [0.4, 0.5) is 0 Å². The van der Waals surface area contributed by atoms with Gasteiger partial charge in [0, 0.05) is 5.56 Å². The second-order valence-corrected chi connectivity index (χ2v) is 5.12. The Bertz CT molecular complexity index is 540. The summed E-state index contributed by atoms with van der Waals surface area (Å²) >= 11 is 0. The van der Waals surface area contributed by atoms with Crippen LogP contribution in [0.1, 0.15) is 22.3 Å². The third-order valence-corrected chi connectivity index (χ3v) is 3.65. The number of carbonyl (C=O) groups is 1. The lowest BCUT2D eigenvalue weighted by Crippen LogP contribution is -2.28. The van der Waals surface area contributed by atoms with Crippen molar-refractivity contribution in [1.29, 1.82) is 0 Å². The van der Waals surface area contributed by atoms with E-state index in [9.17, 15) is 4.79 Å². The summed E-state index contributed by atoms with van der Waals surface area (Å²) in [7, 11) is 0. The molecule has 2 atom stereocenters. The predicted octanol–water partition coefficient (Wildman–Crippen LogP) is 1.46. The maximum Gasteiger partial charge on any atom is 0.233 e. The van der Waals surface area contributed by atoms with Crippen LogP contribution in [0.5, 0.6) is 0 Å². The number of hydrogen-bond donors (Lipinski definition) is 1. The topological polar surface area (TPSA) is 50.7 Å². The molecule has 1 aromatic rings. The van der Waals surface area contributed by atoms with Crippen molar-refractivity contribution >= 4 is 11.6 Å². The van der Waals surface area contributed by atoms with Gasteiger partial charge in [-0.25, -0.2) is 0 Å². The fourth-order valence-corrected chi connectivity index (χ4v) is 2.96. The van der Waals surface area contributed by atoms with Crippen LogP contribution in [0.15, 0.2) is 17.3 Å². The van der Waals surface area contributed by atoms with Gasteiger partial charge in [0.15, 0.2) is 6.10 Å². The van der Waals surface area contributed by atoms with Crippen LogP contribution in [0.3, 0.4) is 0 Å². The van der Waals surface area contributed by atoms with E-state index in [1.807, 2.05) is 0 Å². The van der Waals surface area contributed by atoms with Gasteiger partial charge in [0.05, 0.1) is 6.54 Å². The van der Waals surface area contributed by atoms with Gasteiger partial charge >= 0.3 is 0 Å². The second kappa shape index (κ2) is 3.83. The molecule has 1 aromatic carbocycles. The Hall–Kier alpha value is -1.84. The summed E-state index contributed by atoms with van der Waals surface area (Å²) in [5.41, 5.74) is 5.36. The summed E-state index contributed by atoms with van der Waals surface area (Å²) in [4.78, 5) is 17.2. The van der Waals surface area contributed by atoms with E-state index in [1.165, 1.54) is 5.56 Å². The molecule has 0 radical (unpaired) electrons. The van der Waals surface area contributed by atoms with Gasteiger partial charge in [-0.15, -0.1) is 0 Å². The van der Waals surface area contributed by atoms with Crippen LogP contribution in [0, 0.1) is 26.7 Å². The lowest BCUT2D eigenvalue weighted by Gasteiger charge is -2.13. The maximum absolute atomic E-state index is 11.9. The Balaban J connectivity index is 2.09. The summed E-state index contributed by atoms with van der Waals surface area (Å²) in [6, 6.07) is 4.23.